The van der Waals surface area contributed by atoms with E-state index in [1.807, 2.05) is 30.0 Å². The molecule has 2 aromatic rings. The molecule has 112 valence electrons. The fourth-order valence-electron chi connectivity index (χ4n) is 2.10. The van der Waals surface area contributed by atoms with Crippen LogP contribution < -0.4 is 10.1 Å². The van der Waals surface area contributed by atoms with Gasteiger partial charge >= 0.3 is 0 Å². The maximum atomic E-state index is 5.74. The van der Waals surface area contributed by atoms with Crippen LogP contribution in [0.1, 0.15) is 26.1 Å². The number of ether oxygens (including phenoxy) is 1. The van der Waals surface area contributed by atoms with Gasteiger partial charge in [0.05, 0.1) is 17.0 Å². The minimum Gasteiger partial charge on any atom is -0.489 e. The summed E-state index contributed by atoms with van der Waals surface area (Å²) in [7, 11) is 0. The molecule has 21 heavy (non-hydrogen) atoms. The molecular weight excluding hydrogens is 286 g/mol. The molecule has 1 aliphatic heterocycles. The Morgan fingerprint density at radius 2 is 2.33 bits per heavy atom. The third kappa shape index (κ3) is 3.15. The lowest BCUT2D eigenvalue weighted by Crippen LogP contribution is -2.18. The molecule has 5 nitrogen and oxygen atoms in total. The molecule has 0 spiro atoms. The normalized spacial score (nSPS) is 15.0. The Kier molecular flexibility index (Phi) is 4.34. The van der Waals surface area contributed by atoms with Crippen LogP contribution in [0.25, 0.3) is 11.5 Å². The van der Waals surface area contributed by atoms with E-state index >= 15 is 0 Å². The van der Waals surface area contributed by atoms with Crippen LogP contribution in [-0.2, 0) is 5.75 Å². The van der Waals surface area contributed by atoms with Crippen LogP contribution in [0.5, 0.6) is 5.75 Å². The van der Waals surface area contributed by atoms with Gasteiger partial charge in [0.25, 0.3) is 5.89 Å². The lowest BCUT2D eigenvalue weighted by atomic mass is 10.1. The largest absolute Gasteiger partial charge is 0.489 e. The molecule has 0 fully saturated rings. The second-order valence-electron chi connectivity index (χ2n) is 5.00. The van der Waals surface area contributed by atoms with Crippen molar-refractivity contribution in [1.29, 1.82) is 0 Å². The van der Waals surface area contributed by atoms with Gasteiger partial charge in [-0.3, -0.25) is 0 Å². The van der Waals surface area contributed by atoms with Gasteiger partial charge in [-0.25, -0.2) is 0 Å². The number of hydrogen-bond acceptors (Lipinski definition) is 6. The van der Waals surface area contributed by atoms with Gasteiger partial charge in [0.1, 0.15) is 6.61 Å². The van der Waals surface area contributed by atoms with E-state index in [1.165, 1.54) is 0 Å². The number of benzene rings is 1. The zero-order valence-corrected chi connectivity index (χ0v) is 13.1. The first-order valence-electron chi connectivity index (χ1n) is 7.22. The van der Waals surface area contributed by atoms with Crippen LogP contribution in [0.4, 0.5) is 5.69 Å². The summed E-state index contributed by atoms with van der Waals surface area (Å²) in [6.45, 7) is 5.85. The monoisotopic (exact) mass is 305 g/mol. The molecule has 0 amide bonds. The first-order chi connectivity index (χ1) is 10.3. The van der Waals surface area contributed by atoms with E-state index in [2.05, 4.69) is 29.3 Å². The van der Waals surface area contributed by atoms with Crippen molar-refractivity contribution in [3.8, 4) is 17.2 Å². The Hall–Kier alpha value is -1.69. The van der Waals surface area contributed by atoms with E-state index in [0.717, 1.165) is 41.5 Å². The highest BCUT2D eigenvalue weighted by atomic mass is 32.2. The minimum atomic E-state index is 0.523. The fraction of sp³-hybridized carbons (Fsp3) is 0.467. The van der Waals surface area contributed by atoms with Crippen LogP contribution in [0.2, 0.25) is 0 Å². The highest BCUT2D eigenvalue weighted by Gasteiger charge is 2.19. The third-order valence-corrected chi connectivity index (χ3v) is 4.78. The van der Waals surface area contributed by atoms with Crippen LogP contribution in [0, 0.1) is 0 Å². The second kappa shape index (κ2) is 6.39. The van der Waals surface area contributed by atoms with E-state index in [0.29, 0.717) is 17.7 Å². The van der Waals surface area contributed by atoms with Gasteiger partial charge in [-0.05, 0) is 18.6 Å². The summed E-state index contributed by atoms with van der Waals surface area (Å²) in [4.78, 5) is 4.49. The molecule has 1 atom stereocenters. The number of thioether (sulfide) groups is 1. The molecule has 1 aromatic carbocycles. The van der Waals surface area contributed by atoms with E-state index in [4.69, 9.17) is 9.26 Å². The van der Waals surface area contributed by atoms with Crippen LogP contribution in [0.3, 0.4) is 0 Å². The Morgan fingerprint density at radius 3 is 3.19 bits per heavy atom. The molecule has 0 saturated heterocycles. The molecule has 6 heteroatoms. The Morgan fingerprint density at radius 1 is 1.43 bits per heavy atom. The average Bonchev–Trinajstić information content (AvgIpc) is 3.00. The van der Waals surface area contributed by atoms with E-state index in [1.54, 1.807) is 0 Å². The summed E-state index contributed by atoms with van der Waals surface area (Å²) in [5.74, 6) is 2.83. The van der Waals surface area contributed by atoms with Gasteiger partial charge in [0.15, 0.2) is 11.6 Å². The molecule has 2 heterocycles. The van der Waals surface area contributed by atoms with Gasteiger partial charge < -0.3 is 14.6 Å². The fourth-order valence-corrected chi connectivity index (χ4v) is 2.88. The summed E-state index contributed by atoms with van der Waals surface area (Å²) in [5, 5.41) is 7.97. The topological polar surface area (TPSA) is 60.2 Å². The van der Waals surface area contributed by atoms with Crippen molar-refractivity contribution in [1.82, 2.24) is 10.1 Å². The number of rotatable bonds is 5. The van der Waals surface area contributed by atoms with Crippen molar-refractivity contribution in [2.45, 2.75) is 31.3 Å². The Labute approximate surface area is 128 Å². The number of para-hydroxylation sites is 1. The number of nitrogens with one attached hydrogen (secondary N) is 1. The number of nitrogens with zero attached hydrogens (tertiary/aromatic N) is 2. The molecule has 1 N–H and O–H groups in total. The molecule has 3 rings (SSSR count). The summed E-state index contributed by atoms with van der Waals surface area (Å²) in [5.41, 5.74) is 1.83. The second-order valence-corrected chi connectivity index (χ2v) is 6.43. The van der Waals surface area contributed by atoms with Crippen molar-refractivity contribution >= 4 is 17.4 Å². The van der Waals surface area contributed by atoms with Crippen molar-refractivity contribution in [3.05, 3.63) is 24.0 Å². The highest BCUT2D eigenvalue weighted by molar-refractivity contribution is 7.99. The van der Waals surface area contributed by atoms with Crippen LogP contribution >= 0.6 is 11.8 Å². The zero-order chi connectivity index (χ0) is 14.7. The maximum Gasteiger partial charge on any atom is 0.261 e. The van der Waals surface area contributed by atoms with Gasteiger partial charge in [-0.2, -0.15) is 16.7 Å². The van der Waals surface area contributed by atoms with Crippen molar-refractivity contribution in [2.24, 2.45) is 0 Å². The molecular formula is C15H19N3O2S. The smallest absolute Gasteiger partial charge is 0.261 e. The summed E-state index contributed by atoms with van der Waals surface area (Å²) in [6, 6.07) is 5.91. The highest BCUT2D eigenvalue weighted by Crippen LogP contribution is 2.37. The van der Waals surface area contributed by atoms with E-state index in [9.17, 15) is 0 Å². The lowest BCUT2D eigenvalue weighted by molar-refractivity contribution is 0.322. The van der Waals surface area contributed by atoms with Crippen LogP contribution in [0.15, 0.2) is 22.7 Å². The molecule has 0 saturated carbocycles. The van der Waals surface area contributed by atoms with Crippen molar-refractivity contribution in [2.75, 3.05) is 18.5 Å². The molecule has 0 aliphatic carbocycles. The first-order valence-corrected chi connectivity index (χ1v) is 8.27. The standard InChI is InChI=1S/C15H19N3O2S/c1-3-10(2)21-9-13-17-15(20-18-13)11-5-4-6-12-14(11)19-8-7-16-12/h4-6,10,16H,3,7-9H2,1-2H3. The maximum absolute atomic E-state index is 5.74. The van der Waals surface area contributed by atoms with Crippen molar-refractivity contribution in [3.63, 3.8) is 0 Å². The molecule has 0 radical (unpaired) electrons. The molecule has 0 bridgehead atoms. The zero-order valence-electron chi connectivity index (χ0n) is 12.3. The predicted octanol–water partition coefficient (Wildman–Crippen LogP) is 3.57. The number of aromatic nitrogens is 2. The number of hydrogen-bond donors (Lipinski definition) is 1. The average molecular weight is 305 g/mol. The van der Waals surface area contributed by atoms with E-state index < -0.39 is 0 Å². The Balaban J connectivity index is 1.80. The lowest BCUT2D eigenvalue weighted by Gasteiger charge is -2.20. The van der Waals surface area contributed by atoms with Crippen LogP contribution in [-0.4, -0.2) is 28.5 Å². The summed E-state index contributed by atoms with van der Waals surface area (Å²) in [6.07, 6.45) is 1.14. The van der Waals surface area contributed by atoms with Gasteiger partial charge in [-0.1, -0.05) is 25.1 Å². The summed E-state index contributed by atoms with van der Waals surface area (Å²) >= 11 is 1.84. The first kappa shape index (κ1) is 14.3. The molecule has 1 unspecified atom stereocenters. The van der Waals surface area contributed by atoms with E-state index in [-0.39, 0.29) is 0 Å². The minimum absolute atomic E-state index is 0.523. The molecule has 1 aliphatic rings. The molecule has 1 aromatic heterocycles. The summed E-state index contributed by atoms with van der Waals surface area (Å²) < 4.78 is 11.1. The van der Waals surface area contributed by atoms with Gasteiger partial charge in [0.2, 0.25) is 0 Å². The predicted molar refractivity (Wildman–Crippen MR) is 84.8 cm³/mol. The van der Waals surface area contributed by atoms with Crippen molar-refractivity contribution < 1.29 is 9.26 Å². The SMILES string of the molecule is CCC(C)SCc1noc(-c2cccc3c2OCCN3)n1. The number of fused-ring (bicyclic) bond motifs is 1. The third-order valence-electron chi connectivity index (χ3n) is 3.45. The Bertz CT molecular complexity index is 615. The van der Waals surface area contributed by atoms with Gasteiger partial charge in [-0.15, -0.1) is 0 Å². The number of anilines is 1. The quantitative estimate of drug-likeness (QED) is 0.911. The van der Waals surface area contributed by atoms with Gasteiger partial charge in [0, 0.05) is 11.8 Å².